The molecule has 2 aromatic carbocycles. The zero-order chi connectivity index (χ0) is 22.9. The SMILES string of the molecule is O=C(Nc1ccc(-c2cn3ccsc3n2)cc1)c1cn(-c2ccccc2)nc1-c1cccnc1. The molecule has 7 nitrogen and oxygen atoms in total. The van der Waals surface area contributed by atoms with Gasteiger partial charge in [0.15, 0.2) is 4.96 Å². The summed E-state index contributed by atoms with van der Waals surface area (Å²) in [5.74, 6) is -0.240. The molecule has 0 radical (unpaired) electrons. The summed E-state index contributed by atoms with van der Waals surface area (Å²) >= 11 is 1.59. The summed E-state index contributed by atoms with van der Waals surface area (Å²) in [7, 11) is 0. The highest BCUT2D eigenvalue weighted by Gasteiger charge is 2.19. The third-order valence-corrected chi connectivity index (χ3v) is 6.22. The Hall–Kier alpha value is -4.56. The highest BCUT2D eigenvalue weighted by molar-refractivity contribution is 7.15. The molecule has 4 heterocycles. The predicted octanol–water partition coefficient (Wildman–Crippen LogP) is 5.56. The van der Waals surface area contributed by atoms with E-state index in [4.69, 9.17) is 0 Å². The fraction of sp³-hybridized carbons (Fsp3) is 0. The summed E-state index contributed by atoms with van der Waals surface area (Å²) in [6.07, 6.45) is 9.14. The van der Waals surface area contributed by atoms with E-state index in [2.05, 4.69) is 20.4 Å². The molecule has 0 aliphatic heterocycles. The maximum Gasteiger partial charge on any atom is 0.259 e. The number of nitrogens with zero attached hydrogens (tertiary/aromatic N) is 5. The fourth-order valence-corrected chi connectivity index (χ4v) is 4.46. The minimum absolute atomic E-state index is 0.240. The molecule has 0 unspecified atom stereocenters. The molecular formula is C26H18N6OS. The van der Waals surface area contributed by atoms with Gasteiger partial charge in [0.05, 0.1) is 16.9 Å². The van der Waals surface area contributed by atoms with Crippen molar-refractivity contribution in [1.29, 1.82) is 0 Å². The Morgan fingerprint density at radius 2 is 1.76 bits per heavy atom. The molecule has 6 rings (SSSR count). The molecule has 8 heteroatoms. The van der Waals surface area contributed by atoms with Crippen molar-refractivity contribution in [2.75, 3.05) is 5.32 Å². The largest absolute Gasteiger partial charge is 0.322 e. The number of para-hydroxylation sites is 1. The Labute approximate surface area is 199 Å². The van der Waals surface area contributed by atoms with Crippen LogP contribution in [0, 0.1) is 0 Å². The van der Waals surface area contributed by atoms with Crippen LogP contribution in [0.1, 0.15) is 10.4 Å². The van der Waals surface area contributed by atoms with Crippen LogP contribution in [-0.2, 0) is 0 Å². The first-order valence-corrected chi connectivity index (χ1v) is 11.5. The van der Waals surface area contributed by atoms with Gasteiger partial charge >= 0.3 is 0 Å². The predicted molar refractivity (Wildman–Crippen MR) is 133 cm³/mol. The van der Waals surface area contributed by atoms with Gasteiger partial charge in [-0.2, -0.15) is 5.10 Å². The number of rotatable bonds is 5. The Morgan fingerprint density at radius 1 is 0.912 bits per heavy atom. The monoisotopic (exact) mass is 462 g/mol. The number of hydrogen-bond donors (Lipinski definition) is 1. The smallest absolute Gasteiger partial charge is 0.259 e. The Kier molecular flexibility index (Phi) is 4.97. The lowest BCUT2D eigenvalue weighted by atomic mass is 10.1. The number of carbonyl (C=O) groups is 1. The van der Waals surface area contributed by atoms with Crippen molar-refractivity contribution in [3.63, 3.8) is 0 Å². The molecule has 0 aliphatic carbocycles. The maximum atomic E-state index is 13.3. The van der Waals surface area contributed by atoms with E-state index in [0.717, 1.165) is 27.5 Å². The minimum atomic E-state index is -0.240. The Morgan fingerprint density at radius 3 is 2.53 bits per heavy atom. The van der Waals surface area contributed by atoms with Crippen LogP contribution < -0.4 is 5.32 Å². The van der Waals surface area contributed by atoms with E-state index in [-0.39, 0.29) is 5.91 Å². The highest BCUT2D eigenvalue weighted by atomic mass is 32.1. The van der Waals surface area contributed by atoms with E-state index in [9.17, 15) is 4.79 Å². The number of pyridine rings is 1. The molecule has 0 spiro atoms. The van der Waals surface area contributed by atoms with Crippen LogP contribution in [0.25, 0.3) is 33.2 Å². The molecule has 164 valence electrons. The Balaban J connectivity index is 1.30. The van der Waals surface area contributed by atoms with Gasteiger partial charge in [0.2, 0.25) is 0 Å². The van der Waals surface area contributed by atoms with Crippen molar-refractivity contribution in [3.8, 4) is 28.2 Å². The summed E-state index contributed by atoms with van der Waals surface area (Å²) in [6, 6.07) is 21.1. The van der Waals surface area contributed by atoms with Crippen LogP contribution in [-0.4, -0.2) is 30.1 Å². The third kappa shape index (κ3) is 3.76. The van der Waals surface area contributed by atoms with Gasteiger partial charge in [-0.25, -0.2) is 9.67 Å². The summed E-state index contributed by atoms with van der Waals surface area (Å²) in [5, 5.41) is 9.69. The molecule has 0 atom stereocenters. The second-order valence-corrected chi connectivity index (χ2v) is 8.54. The molecule has 0 fully saturated rings. The summed E-state index contributed by atoms with van der Waals surface area (Å²) < 4.78 is 3.71. The topological polar surface area (TPSA) is 77.1 Å². The molecular weight excluding hydrogens is 444 g/mol. The molecule has 1 amide bonds. The van der Waals surface area contributed by atoms with E-state index in [0.29, 0.717) is 16.9 Å². The zero-order valence-electron chi connectivity index (χ0n) is 17.9. The second-order valence-electron chi connectivity index (χ2n) is 7.66. The Bertz CT molecular complexity index is 1550. The molecule has 34 heavy (non-hydrogen) atoms. The first-order valence-electron chi connectivity index (χ1n) is 10.6. The second kappa shape index (κ2) is 8.42. The van der Waals surface area contributed by atoms with Crippen LogP contribution in [0.15, 0.2) is 103 Å². The number of carbonyl (C=O) groups excluding carboxylic acids is 1. The van der Waals surface area contributed by atoms with Crippen LogP contribution >= 0.6 is 11.3 Å². The summed E-state index contributed by atoms with van der Waals surface area (Å²) in [5.41, 5.74) is 5.27. The van der Waals surface area contributed by atoms with Gasteiger partial charge < -0.3 is 5.32 Å². The fourth-order valence-electron chi connectivity index (χ4n) is 3.76. The van der Waals surface area contributed by atoms with Gasteiger partial charge in [0.1, 0.15) is 5.69 Å². The lowest BCUT2D eigenvalue weighted by Gasteiger charge is -2.06. The van der Waals surface area contributed by atoms with Gasteiger partial charge in [0.25, 0.3) is 5.91 Å². The molecule has 0 saturated heterocycles. The van der Waals surface area contributed by atoms with Gasteiger partial charge in [-0.3, -0.25) is 14.2 Å². The first kappa shape index (κ1) is 20.1. The van der Waals surface area contributed by atoms with Crippen LogP contribution in [0.3, 0.4) is 0 Å². The number of fused-ring (bicyclic) bond motifs is 1. The highest BCUT2D eigenvalue weighted by Crippen LogP contribution is 2.26. The normalized spacial score (nSPS) is 11.1. The van der Waals surface area contributed by atoms with Crippen molar-refractivity contribution in [2.24, 2.45) is 0 Å². The van der Waals surface area contributed by atoms with E-state index in [1.165, 1.54) is 0 Å². The minimum Gasteiger partial charge on any atom is -0.322 e. The number of nitrogens with one attached hydrogen (secondary N) is 1. The average molecular weight is 463 g/mol. The number of amides is 1. The average Bonchev–Trinajstić information content (AvgIpc) is 3.61. The molecule has 1 N–H and O–H groups in total. The number of benzene rings is 2. The molecule has 0 saturated carbocycles. The molecule has 6 aromatic rings. The van der Waals surface area contributed by atoms with E-state index < -0.39 is 0 Å². The number of anilines is 1. The van der Waals surface area contributed by atoms with Crippen molar-refractivity contribution >= 4 is 27.9 Å². The number of hydrogen-bond acceptors (Lipinski definition) is 5. The lowest BCUT2D eigenvalue weighted by molar-refractivity contribution is 0.102. The van der Waals surface area contributed by atoms with Crippen molar-refractivity contribution in [3.05, 3.63) is 109 Å². The lowest BCUT2D eigenvalue weighted by Crippen LogP contribution is -2.12. The summed E-state index contributed by atoms with van der Waals surface area (Å²) in [4.78, 5) is 23.1. The molecule has 4 aromatic heterocycles. The first-order chi connectivity index (χ1) is 16.7. The van der Waals surface area contributed by atoms with Gasteiger partial charge in [-0.15, -0.1) is 11.3 Å². The van der Waals surface area contributed by atoms with Crippen molar-refractivity contribution in [1.82, 2.24) is 24.1 Å². The zero-order valence-corrected chi connectivity index (χ0v) is 18.7. The van der Waals surface area contributed by atoms with E-state index in [1.54, 1.807) is 34.6 Å². The number of imidazole rings is 1. The number of aromatic nitrogens is 5. The van der Waals surface area contributed by atoms with Gasteiger partial charge in [-0.1, -0.05) is 30.3 Å². The van der Waals surface area contributed by atoms with Crippen LogP contribution in [0.4, 0.5) is 5.69 Å². The van der Waals surface area contributed by atoms with Gasteiger partial charge in [-0.05, 0) is 36.4 Å². The summed E-state index contributed by atoms with van der Waals surface area (Å²) in [6.45, 7) is 0. The molecule has 0 bridgehead atoms. The van der Waals surface area contributed by atoms with Crippen molar-refractivity contribution < 1.29 is 4.79 Å². The number of thiazole rings is 1. The van der Waals surface area contributed by atoms with E-state index >= 15 is 0 Å². The van der Waals surface area contributed by atoms with Gasteiger partial charge in [0, 0.05) is 53.2 Å². The standard InChI is InChI=1S/C26H18N6OS/c33-25(28-20-10-8-18(9-11-20)23-17-31-13-14-34-26(31)29-23)22-16-32(21-6-2-1-3-7-21)30-24(22)19-5-4-12-27-15-19/h1-17H,(H,28,33). The van der Waals surface area contributed by atoms with E-state index in [1.807, 2.05) is 88.9 Å². The maximum absolute atomic E-state index is 13.3. The third-order valence-electron chi connectivity index (χ3n) is 5.45. The quantitative estimate of drug-likeness (QED) is 0.364. The molecule has 0 aliphatic rings. The van der Waals surface area contributed by atoms with Crippen molar-refractivity contribution in [2.45, 2.75) is 0 Å². The van der Waals surface area contributed by atoms with Crippen LogP contribution in [0.2, 0.25) is 0 Å². The van der Waals surface area contributed by atoms with Crippen LogP contribution in [0.5, 0.6) is 0 Å².